The van der Waals surface area contributed by atoms with E-state index in [1.165, 1.54) is 25.6 Å². The maximum Gasteiger partial charge on any atom is 0.202 e. The van der Waals surface area contributed by atoms with Gasteiger partial charge in [0.15, 0.2) is 21.8 Å². The number of nitrogens with zero attached hydrogens (tertiary/aromatic N) is 2. The first-order valence-corrected chi connectivity index (χ1v) is 5.55. The van der Waals surface area contributed by atoms with Crippen LogP contribution in [0.4, 0.5) is 4.39 Å². The lowest BCUT2D eigenvalue weighted by Gasteiger charge is -2.11. The van der Waals surface area contributed by atoms with Gasteiger partial charge in [-0.2, -0.15) is 0 Å². The third-order valence-electron chi connectivity index (χ3n) is 2.05. The van der Waals surface area contributed by atoms with Gasteiger partial charge in [-0.25, -0.2) is 14.4 Å². The van der Waals surface area contributed by atoms with Crippen molar-refractivity contribution in [3.63, 3.8) is 0 Å². The van der Waals surface area contributed by atoms with E-state index >= 15 is 0 Å². The molecule has 0 saturated carbocycles. The van der Waals surface area contributed by atoms with Crippen LogP contribution in [0, 0.1) is 5.82 Å². The second kappa shape index (κ2) is 5.37. The van der Waals surface area contributed by atoms with Gasteiger partial charge in [0, 0.05) is 6.07 Å². The minimum absolute atomic E-state index is 0.0290. The lowest BCUT2D eigenvalue weighted by Crippen LogP contribution is -1.94. The van der Waals surface area contributed by atoms with E-state index in [4.69, 9.17) is 32.7 Å². The van der Waals surface area contributed by atoms with Gasteiger partial charge < -0.3 is 9.47 Å². The van der Waals surface area contributed by atoms with Crippen LogP contribution in [0.25, 0.3) is 0 Å². The maximum atomic E-state index is 13.2. The van der Waals surface area contributed by atoms with E-state index in [0.717, 1.165) is 6.07 Å². The number of rotatable bonds is 3. The number of hydrogen-bond donors (Lipinski definition) is 0. The zero-order valence-electron chi connectivity index (χ0n) is 9.15. The molecular formula is C11H7Cl2FN2O2. The van der Waals surface area contributed by atoms with Gasteiger partial charge >= 0.3 is 0 Å². The molecule has 0 bridgehead atoms. The van der Waals surface area contributed by atoms with E-state index < -0.39 is 5.82 Å². The third kappa shape index (κ3) is 2.63. The van der Waals surface area contributed by atoms with Crippen molar-refractivity contribution in [1.82, 2.24) is 9.97 Å². The highest BCUT2D eigenvalue weighted by atomic mass is 35.5. The Morgan fingerprint density at radius 3 is 2.39 bits per heavy atom. The monoisotopic (exact) mass is 288 g/mol. The summed E-state index contributed by atoms with van der Waals surface area (Å²) in [5, 5.41) is 0.0580. The van der Waals surface area contributed by atoms with E-state index in [0.29, 0.717) is 5.75 Å². The molecule has 0 N–H and O–H groups in total. The Hall–Kier alpha value is -1.59. The first kappa shape index (κ1) is 12.9. The normalized spacial score (nSPS) is 10.2. The van der Waals surface area contributed by atoms with Gasteiger partial charge in [-0.15, -0.1) is 0 Å². The summed E-state index contributed by atoms with van der Waals surface area (Å²) in [4.78, 5) is 7.45. The minimum atomic E-state index is -0.477. The summed E-state index contributed by atoms with van der Waals surface area (Å²) in [6.07, 6.45) is 1.19. The lowest BCUT2D eigenvalue weighted by atomic mass is 10.3. The van der Waals surface area contributed by atoms with Gasteiger partial charge in [-0.05, 0) is 12.1 Å². The zero-order chi connectivity index (χ0) is 13.1. The Kier molecular flexibility index (Phi) is 3.84. The molecule has 2 rings (SSSR count). The van der Waals surface area contributed by atoms with Crippen molar-refractivity contribution in [3.8, 4) is 17.2 Å². The van der Waals surface area contributed by atoms with Crippen molar-refractivity contribution >= 4 is 23.2 Å². The van der Waals surface area contributed by atoms with Gasteiger partial charge in [0.25, 0.3) is 0 Å². The SMILES string of the molecule is COc1ccc(F)cc1Oc1c(Cl)ncnc1Cl. The average molecular weight is 289 g/mol. The number of methoxy groups -OCH3 is 1. The van der Waals surface area contributed by atoms with E-state index in [1.54, 1.807) is 0 Å². The maximum absolute atomic E-state index is 13.2. The van der Waals surface area contributed by atoms with Crippen LogP contribution in [-0.4, -0.2) is 17.1 Å². The van der Waals surface area contributed by atoms with E-state index in [9.17, 15) is 4.39 Å². The van der Waals surface area contributed by atoms with Gasteiger partial charge in [-0.3, -0.25) is 0 Å². The van der Waals surface area contributed by atoms with E-state index in [-0.39, 0.29) is 21.8 Å². The molecule has 2 aromatic rings. The summed E-state index contributed by atoms with van der Waals surface area (Å²) in [7, 11) is 1.44. The quantitative estimate of drug-likeness (QED) is 0.808. The molecule has 4 nitrogen and oxygen atoms in total. The molecule has 0 saturated heterocycles. The largest absolute Gasteiger partial charge is 0.493 e. The molecule has 1 heterocycles. The fraction of sp³-hybridized carbons (Fsp3) is 0.0909. The smallest absolute Gasteiger partial charge is 0.202 e. The molecule has 0 unspecified atom stereocenters. The molecule has 0 fully saturated rings. The number of ether oxygens (including phenoxy) is 2. The van der Waals surface area contributed by atoms with E-state index in [2.05, 4.69) is 9.97 Å². The zero-order valence-corrected chi connectivity index (χ0v) is 10.7. The van der Waals surface area contributed by atoms with Crippen molar-refractivity contribution < 1.29 is 13.9 Å². The molecule has 94 valence electrons. The highest BCUT2D eigenvalue weighted by Gasteiger charge is 2.14. The Morgan fingerprint density at radius 1 is 1.11 bits per heavy atom. The molecule has 0 atom stereocenters. The Morgan fingerprint density at radius 2 is 1.78 bits per heavy atom. The molecule has 1 aromatic heterocycles. The van der Waals surface area contributed by atoms with Crippen molar-refractivity contribution in [3.05, 3.63) is 40.6 Å². The number of benzene rings is 1. The van der Waals surface area contributed by atoms with Crippen LogP contribution in [0.3, 0.4) is 0 Å². The third-order valence-corrected chi connectivity index (χ3v) is 2.59. The summed E-state index contributed by atoms with van der Waals surface area (Å²) in [6.45, 7) is 0. The highest BCUT2D eigenvalue weighted by molar-refractivity contribution is 6.35. The average Bonchev–Trinajstić information content (AvgIpc) is 2.34. The molecule has 0 spiro atoms. The first-order valence-electron chi connectivity index (χ1n) is 4.79. The topological polar surface area (TPSA) is 44.2 Å². The predicted octanol–water partition coefficient (Wildman–Crippen LogP) is 3.72. The molecule has 7 heteroatoms. The van der Waals surface area contributed by atoms with Crippen LogP contribution in [0.15, 0.2) is 24.5 Å². The van der Waals surface area contributed by atoms with Crippen LogP contribution >= 0.6 is 23.2 Å². The molecule has 0 aliphatic heterocycles. The molecule has 1 aromatic carbocycles. The fourth-order valence-electron chi connectivity index (χ4n) is 1.26. The molecule has 0 amide bonds. The Labute approximate surface area is 112 Å². The summed E-state index contributed by atoms with van der Waals surface area (Å²) in [6, 6.07) is 3.82. The van der Waals surface area contributed by atoms with Crippen LogP contribution in [0.5, 0.6) is 17.2 Å². The summed E-state index contributed by atoms with van der Waals surface area (Å²) < 4.78 is 23.6. The molecule has 0 radical (unpaired) electrons. The summed E-state index contributed by atoms with van der Waals surface area (Å²) in [5.41, 5.74) is 0. The molecular weight excluding hydrogens is 282 g/mol. The standard InChI is InChI=1S/C11H7Cl2FN2O2/c1-17-7-3-2-6(14)4-8(7)18-9-10(12)15-5-16-11(9)13/h2-5H,1H3. The fourth-order valence-corrected chi connectivity index (χ4v) is 1.65. The molecule has 0 aliphatic carbocycles. The predicted molar refractivity (Wildman–Crippen MR) is 65.1 cm³/mol. The van der Waals surface area contributed by atoms with Gasteiger partial charge in [0.2, 0.25) is 5.75 Å². The first-order chi connectivity index (χ1) is 8.61. The Balaban J connectivity index is 2.42. The number of hydrogen-bond acceptors (Lipinski definition) is 4. The second-order valence-corrected chi connectivity index (χ2v) is 3.90. The number of aromatic nitrogens is 2. The van der Waals surface area contributed by atoms with Crippen molar-refractivity contribution in [1.29, 1.82) is 0 Å². The minimum Gasteiger partial charge on any atom is -0.493 e. The van der Waals surface area contributed by atoms with Crippen LogP contribution in [0.2, 0.25) is 10.3 Å². The van der Waals surface area contributed by atoms with Crippen LogP contribution in [-0.2, 0) is 0 Å². The second-order valence-electron chi connectivity index (χ2n) is 3.18. The summed E-state index contributed by atoms with van der Waals surface area (Å²) in [5.74, 6) is 0.0446. The van der Waals surface area contributed by atoms with Crippen molar-refractivity contribution in [2.75, 3.05) is 7.11 Å². The van der Waals surface area contributed by atoms with E-state index in [1.807, 2.05) is 0 Å². The van der Waals surface area contributed by atoms with Crippen molar-refractivity contribution in [2.24, 2.45) is 0 Å². The van der Waals surface area contributed by atoms with Gasteiger partial charge in [0.05, 0.1) is 7.11 Å². The summed E-state index contributed by atoms with van der Waals surface area (Å²) >= 11 is 11.6. The van der Waals surface area contributed by atoms with Gasteiger partial charge in [0.1, 0.15) is 12.1 Å². The Bertz CT molecular complexity index is 561. The van der Waals surface area contributed by atoms with Crippen molar-refractivity contribution in [2.45, 2.75) is 0 Å². The van der Waals surface area contributed by atoms with Gasteiger partial charge in [-0.1, -0.05) is 23.2 Å². The molecule has 0 aliphatic rings. The van der Waals surface area contributed by atoms with Crippen LogP contribution in [0.1, 0.15) is 0 Å². The highest BCUT2D eigenvalue weighted by Crippen LogP contribution is 2.37. The van der Waals surface area contributed by atoms with Crippen LogP contribution < -0.4 is 9.47 Å². The lowest BCUT2D eigenvalue weighted by molar-refractivity contribution is 0.375. The number of halogens is 3. The molecule has 18 heavy (non-hydrogen) atoms.